The molecule has 0 aromatic rings. The molecule has 0 heterocycles. The van der Waals surface area contributed by atoms with Crippen molar-refractivity contribution in [1.82, 2.24) is 0 Å². The normalized spacial score (nSPS) is 38.9. The maximum absolute atomic E-state index is 2.44. The molecule has 0 radical (unpaired) electrons. The zero-order valence-corrected chi connectivity index (χ0v) is 8.35. The van der Waals surface area contributed by atoms with Crippen molar-refractivity contribution in [2.75, 3.05) is 0 Å². The molecule has 2 unspecified atom stereocenters. The van der Waals surface area contributed by atoms with Crippen LogP contribution >= 0.6 is 0 Å². The Labute approximate surface area is 75.4 Å². The van der Waals surface area contributed by atoms with E-state index in [1.165, 1.54) is 19.3 Å². The Morgan fingerprint density at radius 3 is 2.58 bits per heavy atom. The molecule has 3 rings (SSSR count). The van der Waals surface area contributed by atoms with Crippen molar-refractivity contribution in [3.8, 4) is 0 Å². The van der Waals surface area contributed by atoms with Gasteiger partial charge in [-0.15, -0.1) is 0 Å². The van der Waals surface area contributed by atoms with E-state index in [1.807, 2.05) is 0 Å². The maximum atomic E-state index is 2.44. The fourth-order valence-corrected chi connectivity index (χ4v) is 2.71. The van der Waals surface area contributed by atoms with Crippen LogP contribution in [0.5, 0.6) is 0 Å². The summed E-state index contributed by atoms with van der Waals surface area (Å²) in [6.07, 6.45) is 8.97. The molecule has 1 fully saturated rings. The lowest BCUT2D eigenvalue weighted by molar-refractivity contribution is 0.305. The van der Waals surface area contributed by atoms with E-state index >= 15 is 0 Å². The minimum atomic E-state index is 0.424. The van der Waals surface area contributed by atoms with Gasteiger partial charge >= 0.3 is 0 Å². The Morgan fingerprint density at radius 2 is 2.25 bits per heavy atom. The topological polar surface area (TPSA) is 0 Å². The molecule has 0 aromatic heterocycles. The molecular formula is C12H18. The molecule has 0 spiro atoms. The van der Waals surface area contributed by atoms with E-state index in [0.29, 0.717) is 5.41 Å². The van der Waals surface area contributed by atoms with E-state index in [9.17, 15) is 0 Å². The van der Waals surface area contributed by atoms with E-state index in [2.05, 4.69) is 32.9 Å². The zero-order valence-electron chi connectivity index (χ0n) is 8.35. The molecule has 3 aliphatic rings. The molecule has 0 aromatic carbocycles. The molecular weight excluding hydrogens is 144 g/mol. The molecule has 2 bridgehead atoms. The quantitative estimate of drug-likeness (QED) is 0.476. The van der Waals surface area contributed by atoms with Gasteiger partial charge in [-0.2, -0.15) is 0 Å². The summed E-state index contributed by atoms with van der Waals surface area (Å²) in [4.78, 5) is 0. The maximum Gasteiger partial charge on any atom is 0.00654 e. The summed E-state index contributed by atoms with van der Waals surface area (Å²) in [5, 5.41) is 0. The first-order chi connectivity index (χ1) is 5.62. The number of fused-ring (bicyclic) bond motifs is 2. The molecule has 1 saturated carbocycles. The van der Waals surface area contributed by atoms with E-state index in [0.717, 1.165) is 5.92 Å². The summed E-state index contributed by atoms with van der Waals surface area (Å²) in [6, 6.07) is 0. The van der Waals surface area contributed by atoms with Crippen molar-refractivity contribution in [2.24, 2.45) is 11.3 Å². The average molecular weight is 162 g/mol. The van der Waals surface area contributed by atoms with Crippen LogP contribution in [0.2, 0.25) is 0 Å². The van der Waals surface area contributed by atoms with Gasteiger partial charge in [0.05, 0.1) is 0 Å². The zero-order chi connectivity index (χ0) is 8.77. The lowest BCUT2D eigenvalue weighted by Crippen LogP contribution is -2.30. The van der Waals surface area contributed by atoms with Crippen LogP contribution in [0.4, 0.5) is 0 Å². The first-order valence-corrected chi connectivity index (χ1v) is 4.98. The minimum Gasteiger partial charge on any atom is -0.0842 e. The number of rotatable bonds is 0. The highest BCUT2D eigenvalue weighted by atomic mass is 14.4. The summed E-state index contributed by atoms with van der Waals surface area (Å²) in [6.45, 7) is 6.91. The number of hydrogen-bond acceptors (Lipinski definition) is 0. The van der Waals surface area contributed by atoms with Gasteiger partial charge in [-0.05, 0) is 39.0 Å². The molecule has 0 saturated heterocycles. The predicted octanol–water partition coefficient (Wildman–Crippen LogP) is 3.70. The third-order valence-electron chi connectivity index (χ3n) is 3.53. The predicted molar refractivity (Wildman–Crippen MR) is 53.0 cm³/mol. The summed E-state index contributed by atoms with van der Waals surface area (Å²) in [7, 11) is 0. The molecule has 66 valence electrons. The van der Waals surface area contributed by atoms with Crippen molar-refractivity contribution in [2.45, 2.75) is 40.0 Å². The van der Waals surface area contributed by atoms with Crippen LogP contribution in [0.25, 0.3) is 0 Å². The van der Waals surface area contributed by atoms with Crippen molar-refractivity contribution in [3.63, 3.8) is 0 Å². The second-order valence-corrected chi connectivity index (χ2v) is 4.76. The highest BCUT2D eigenvalue weighted by molar-refractivity contribution is 5.32. The largest absolute Gasteiger partial charge is 0.0842 e. The van der Waals surface area contributed by atoms with Crippen LogP contribution < -0.4 is 0 Å². The van der Waals surface area contributed by atoms with Crippen molar-refractivity contribution in [1.29, 1.82) is 0 Å². The second kappa shape index (κ2) is 2.48. The van der Waals surface area contributed by atoms with Gasteiger partial charge in [-0.3, -0.25) is 0 Å². The first kappa shape index (κ1) is 8.10. The van der Waals surface area contributed by atoms with Crippen LogP contribution in [0.3, 0.4) is 0 Å². The van der Waals surface area contributed by atoms with Crippen LogP contribution in [0, 0.1) is 11.3 Å². The lowest BCUT2D eigenvalue weighted by Gasteiger charge is -2.42. The molecule has 12 heavy (non-hydrogen) atoms. The summed E-state index contributed by atoms with van der Waals surface area (Å²) in [5.74, 6) is 0.858. The van der Waals surface area contributed by atoms with Gasteiger partial charge in [-0.25, -0.2) is 0 Å². The second-order valence-electron chi connectivity index (χ2n) is 4.76. The van der Waals surface area contributed by atoms with Gasteiger partial charge in [0.1, 0.15) is 0 Å². The standard InChI is InChI=1S/C12H18/c1-9(2)11-8-10-4-6-12(11,3)7-5-10/h4,6,10H,5,7-8H2,1-3H3. The third kappa shape index (κ3) is 1.05. The molecule has 0 aliphatic heterocycles. The Bertz CT molecular complexity index is 253. The number of allylic oxidation sites excluding steroid dienone is 4. The van der Waals surface area contributed by atoms with Gasteiger partial charge in [0.15, 0.2) is 0 Å². The Hall–Kier alpha value is -0.520. The van der Waals surface area contributed by atoms with E-state index in [-0.39, 0.29) is 0 Å². The molecule has 0 amide bonds. The molecule has 2 atom stereocenters. The van der Waals surface area contributed by atoms with Gasteiger partial charge in [0, 0.05) is 5.41 Å². The highest BCUT2D eigenvalue weighted by Gasteiger charge is 2.36. The minimum absolute atomic E-state index is 0.424. The first-order valence-electron chi connectivity index (χ1n) is 4.98. The summed E-state index contributed by atoms with van der Waals surface area (Å²) >= 11 is 0. The van der Waals surface area contributed by atoms with Crippen molar-refractivity contribution >= 4 is 0 Å². The lowest BCUT2D eigenvalue weighted by atomic mass is 9.62. The molecule has 3 aliphatic carbocycles. The monoisotopic (exact) mass is 162 g/mol. The van der Waals surface area contributed by atoms with Crippen LogP contribution in [-0.4, -0.2) is 0 Å². The SMILES string of the molecule is CC(C)=C1CC2C=CC1(C)CC2. The third-order valence-corrected chi connectivity index (χ3v) is 3.53. The van der Waals surface area contributed by atoms with E-state index in [4.69, 9.17) is 0 Å². The van der Waals surface area contributed by atoms with Crippen molar-refractivity contribution < 1.29 is 0 Å². The summed E-state index contributed by atoms with van der Waals surface area (Å²) < 4.78 is 0. The number of hydrogen-bond donors (Lipinski definition) is 0. The van der Waals surface area contributed by atoms with Crippen LogP contribution in [0.1, 0.15) is 40.0 Å². The highest BCUT2D eigenvalue weighted by Crippen LogP contribution is 2.49. The van der Waals surface area contributed by atoms with E-state index in [1.54, 1.807) is 11.1 Å². The van der Waals surface area contributed by atoms with Gasteiger partial charge in [0.2, 0.25) is 0 Å². The molecule has 0 heteroatoms. The van der Waals surface area contributed by atoms with Gasteiger partial charge in [-0.1, -0.05) is 30.2 Å². The van der Waals surface area contributed by atoms with Gasteiger partial charge < -0.3 is 0 Å². The summed E-state index contributed by atoms with van der Waals surface area (Å²) in [5.41, 5.74) is 3.68. The van der Waals surface area contributed by atoms with Crippen LogP contribution in [0.15, 0.2) is 23.3 Å². The fourth-order valence-electron chi connectivity index (χ4n) is 2.71. The fraction of sp³-hybridized carbons (Fsp3) is 0.667. The Morgan fingerprint density at radius 1 is 1.50 bits per heavy atom. The average Bonchev–Trinajstić information content (AvgIpc) is 2.04. The molecule has 0 nitrogen and oxygen atoms in total. The molecule has 0 N–H and O–H groups in total. The smallest absolute Gasteiger partial charge is 0.00654 e. The van der Waals surface area contributed by atoms with E-state index < -0.39 is 0 Å². The Kier molecular flexibility index (Phi) is 1.67. The van der Waals surface area contributed by atoms with Gasteiger partial charge in [0.25, 0.3) is 0 Å². The van der Waals surface area contributed by atoms with Crippen molar-refractivity contribution in [3.05, 3.63) is 23.3 Å². The Balaban J connectivity index is 2.44. The van der Waals surface area contributed by atoms with Crippen LogP contribution in [-0.2, 0) is 0 Å².